The molecule has 0 unspecified atom stereocenters. The van der Waals surface area contributed by atoms with Crippen LogP contribution in [0.15, 0.2) is 47.5 Å². The van der Waals surface area contributed by atoms with Gasteiger partial charge in [0.25, 0.3) is 11.5 Å². The largest absolute Gasteiger partial charge is 0.393 e. The Balaban J connectivity index is 1.77. The molecule has 1 aliphatic rings. The molecule has 1 amide bonds. The maximum absolute atomic E-state index is 12.5. The van der Waals surface area contributed by atoms with Gasteiger partial charge < -0.3 is 15.0 Å². The highest BCUT2D eigenvalue weighted by Crippen LogP contribution is 2.31. The molecule has 1 atom stereocenters. The van der Waals surface area contributed by atoms with Crippen LogP contribution in [0.25, 0.3) is 0 Å². The van der Waals surface area contributed by atoms with E-state index in [0.29, 0.717) is 19.3 Å². The van der Waals surface area contributed by atoms with Crippen molar-refractivity contribution < 1.29 is 9.90 Å². The molecule has 0 aromatic carbocycles. The van der Waals surface area contributed by atoms with Gasteiger partial charge in [0.1, 0.15) is 5.56 Å². The maximum Gasteiger partial charge on any atom is 0.263 e. The van der Waals surface area contributed by atoms with Crippen LogP contribution in [0.3, 0.4) is 0 Å². The maximum atomic E-state index is 12.5. The Morgan fingerprint density at radius 1 is 1.38 bits per heavy atom. The third kappa shape index (κ3) is 3.54. The van der Waals surface area contributed by atoms with Gasteiger partial charge in [-0.3, -0.25) is 14.6 Å². The monoisotopic (exact) mass is 327 g/mol. The van der Waals surface area contributed by atoms with Crippen molar-refractivity contribution in [3.8, 4) is 0 Å². The van der Waals surface area contributed by atoms with Crippen LogP contribution < -0.4 is 10.9 Å². The molecular weight excluding hydrogens is 306 g/mol. The van der Waals surface area contributed by atoms with Crippen molar-refractivity contribution in [1.82, 2.24) is 14.9 Å². The molecule has 0 bridgehead atoms. The van der Waals surface area contributed by atoms with E-state index in [1.807, 2.05) is 18.2 Å². The summed E-state index contributed by atoms with van der Waals surface area (Å²) in [7, 11) is 1.62. The van der Waals surface area contributed by atoms with E-state index in [-0.39, 0.29) is 35.1 Å². The fraction of sp³-hybridized carbons (Fsp3) is 0.389. The topological polar surface area (TPSA) is 84.2 Å². The number of hydrogen-bond acceptors (Lipinski definition) is 4. The van der Waals surface area contributed by atoms with Gasteiger partial charge in [-0.05, 0) is 43.0 Å². The predicted molar refractivity (Wildman–Crippen MR) is 89.6 cm³/mol. The number of carbonyl (C=O) groups excluding carboxylic acids is 1. The number of aliphatic hydroxyl groups is 1. The van der Waals surface area contributed by atoms with Crippen LogP contribution in [0.5, 0.6) is 0 Å². The van der Waals surface area contributed by atoms with Crippen molar-refractivity contribution >= 4 is 5.91 Å². The Bertz CT molecular complexity index is 767. The molecular formula is C18H21N3O3. The summed E-state index contributed by atoms with van der Waals surface area (Å²) < 4.78 is 1.38. The minimum atomic E-state index is -0.376. The van der Waals surface area contributed by atoms with Gasteiger partial charge in [0, 0.05) is 37.6 Å². The number of aromatic nitrogens is 2. The van der Waals surface area contributed by atoms with Crippen molar-refractivity contribution in [1.29, 1.82) is 0 Å². The number of aliphatic hydroxyl groups excluding tert-OH is 1. The standard InChI is InChI=1S/C18H21N3O3/c1-21-8-4-6-15(18(21)24)17(23)20-16(12-9-14(22)10-12)11-13-5-2-3-7-19-13/h2-8,12,14,16,22H,9-11H2,1H3,(H,20,23)/t12?,14?,16-/m0/s1. The Morgan fingerprint density at radius 2 is 2.17 bits per heavy atom. The molecule has 3 rings (SSSR count). The summed E-state index contributed by atoms with van der Waals surface area (Å²) in [5.41, 5.74) is 0.691. The number of nitrogens with one attached hydrogen (secondary N) is 1. The van der Waals surface area contributed by atoms with Crippen LogP contribution in [0.4, 0.5) is 0 Å². The van der Waals surface area contributed by atoms with Gasteiger partial charge in [0.2, 0.25) is 0 Å². The minimum absolute atomic E-state index is 0.130. The van der Waals surface area contributed by atoms with Gasteiger partial charge in [-0.25, -0.2) is 0 Å². The lowest BCUT2D eigenvalue weighted by Gasteiger charge is -2.38. The molecule has 1 aliphatic carbocycles. The molecule has 6 nitrogen and oxygen atoms in total. The number of aryl methyl sites for hydroxylation is 1. The highest BCUT2D eigenvalue weighted by atomic mass is 16.3. The second-order valence-corrected chi connectivity index (χ2v) is 6.33. The van der Waals surface area contributed by atoms with E-state index >= 15 is 0 Å². The molecule has 6 heteroatoms. The molecule has 0 aliphatic heterocycles. The Kier molecular flexibility index (Phi) is 4.76. The SMILES string of the molecule is Cn1cccc(C(=O)N[C@@H](Cc2ccccn2)C2CC(O)C2)c1=O. The highest BCUT2D eigenvalue weighted by Gasteiger charge is 2.35. The summed E-state index contributed by atoms with van der Waals surface area (Å²) in [5.74, 6) is -0.183. The van der Waals surface area contributed by atoms with Gasteiger partial charge >= 0.3 is 0 Å². The third-order valence-corrected chi connectivity index (χ3v) is 4.56. The Morgan fingerprint density at radius 3 is 2.83 bits per heavy atom. The number of nitrogens with zero attached hydrogens (tertiary/aromatic N) is 2. The van der Waals surface area contributed by atoms with E-state index in [1.165, 1.54) is 10.6 Å². The average Bonchev–Trinajstić information content (AvgIpc) is 2.55. The lowest BCUT2D eigenvalue weighted by atomic mass is 9.76. The average molecular weight is 327 g/mol. The first-order valence-electron chi connectivity index (χ1n) is 8.09. The zero-order valence-electron chi connectivity index (χ0n) is 13.6. The number of rotatable bonds is 5. The molecule has 1 fully saturated rings. The number of amides is 1. The quantitative estimate of drug-likeness (QED) is 0.854. The first kappa shape index (κ1) is 16.4. The van der Waals surface area contributed by atoms with E-state index in [4.69, 9.17) is 0 Å². The van der Waals surface area contributed by atoms with Crippen molar-refractivity contribution in [3.63, 3.8) is 0 Å². The van der Waals surface area contributed by atoms with Crippen LogP contribution in [0.2, 0.25) is 0 Å². The van der Waals surface area contributed by atoms with E-state index in [0.717, 1.165) is 5.69 Å². The van der Waals surface area contributed by atoms with Crippen LogP contribution in [-0.2, 0) is 13.5 Å². The molecule has 2 aromatic heterocycles. The number of pyridine rings is 2. The van der Waals surface area contributed by atoms with Gasteiger partial charge in [0.05, 0.1) is 6.10 Å². The summed E-state index contributed by atoms with van der Waals surface area (Å²) in [6, 6.07) is 8.72. The molecule has 24 heavy (non-hydrogen) atoms. The van der Waals surface area contributed by atoms with Gasteiger partial charge in [0.15, 0.2) is 0 Å². The third-order valence-electron chi connectivity index (χ3n) is 4.56. The smallest absolute Gasteiger partial charge is 0.263 e. The molecule has 1 saturated carbocycles. The van der Waals surface area contributed by atoms with Crippen molar-refractivity contribution in [2.75, 3.05) is 0 Å². The summed E-state index contributed by atoms with van der Waals surface area (Å²) in [6.45, 7) is 0. The van der Waals surface area contributed by atoms with Gasteiger partial charge in [-0.15, -0.1) is 0 Å². The lowest BCUT2D eigenvalue weighted by Crippen LogP contribution is -2.49. The van der Waals surface area contributed by atoms with Crippen molar-refractivity contribution in [2.24, 2.45) is 13.0 Å². The van der Waals surface area contributed by atoms with Gasteiger partial charge in [-0.1, -0.05) is 6.07 Å². The van der Waals surface area contributed by atoms with Crippen molar-refractivity contribution in [3.05, 3.63) is 64.3 Å². The van der Waals surface area contributed by atoms with Crippen LogP contribution >= 0.6 is 0 Å². The molecule has 0 saturated heterocycles. The van der Waals surface area contributed by atoms with E-state index < -0.39 is 0 Å². The second kappa shape index (κ2) is 6.97. The molecule has 0 radical (unpaired) electrons. The van der Waals surface area contributed by atoms with Crippen LogP contribution in [0.1, 0.15) is 28.9 Å². The number of carbonyl (C=O) groups is 1. The molecule has 2 N–H and O–H groups in total. The van der Waals surface area contributed by atoms with Crippen LogP contribution in [0, 0.1) is 5.92 Å². The minimum Gasteiger partial charge on any atom is -0.393 e. The zero-order valence-corrected chi connectivity index (χ0v) is 13.6. The number of hydrogen-bond donors (Lipinski definition) is 2. The second-order valence-electron chi connectivity index (χ2n) is 6.33. The summed E-state index contributed by atoms with van der Waals surface area (Å²) in [5, 5.41) is 12.6. The fourth-order valence-corrected chi connectivity index (χ4v) is 3.05. The highest BCUT2D eigenvalue weighted by molar-refractivity contribution is 5.94. The lowest BCUT2D eigenvalue weighted by molar-refractivity contribution is 0.0237. The Labute approximate surface area is 140 Å². The summed E-state index contributed by atoms with van der Waals surface area (Å²) >= 11 is 0. The first-order chi connectivity index (χ1) is 11.5. The summed E-state index contributed by atoms with van der Waals surface area (Å²) in [6.07, 6.45) is 4.93. The fourth-order valence-electron chi connectivity index (χ4n) is 3.05. The normalized spacial score (nSPS) is 20.9. The predicted octanol–water partition coefficient (Wildman–Crippen LogP) is 0.892. The molecule has 2 aromatic rings. The summed E-state index contributed by atoms with van der Waals surface area (Å²) in [4.78, 5) is 29.0. The van der Waals surface area contributed by atoms with Crippen LogP contribution in [-0.4, -0.2) is 32.7 Å². The van der Waals surface area contributed by atoms with E-state index in [9.17, 15) is 14.7 Å². The van der Waals surface area contributed by atoms with E-state index in [2.05, 4.69) is 10.3 Å². The van der Waals surface area contributed by atoms with E-state index in [1.54, 1.807) is 25.5 Å². The Hall–Kier alpha value is -2.47. The first-order valence-corrected chi connectivity index (χ1v) is 8.09. The molecule has 126 valence electrons. The molecule has 2 heterocycles. The van der Waals surface area contributed by atoms with Crippen molar-refractivity contribution in [2.45, 2.75) is 31.4 Å². The van der Waals surface area contributed by atoms with Gasteiger partial charge in [-0.2, -0.15) is 0 Å². The molecule has 0 spiro atoms. The zero-order chi connectivity index (χ0) is 17.1.